The first-order valence-electron chi connectivity index (χ1n) is 7.17. The van der Waals surface area contributed by atoms with E-state index in [9.17, 15) is 9.90 Å². The van der Waals surface area contributed by atoms with E-state index in [0.717, 1.165) is 22.3 Å². The van der Waals surface area contributed by atoms with E-state index in [1.54, 1.807) is 21.0 Å². The number of hydrogen-bond donors (Lipinski definition) is 1. The van der Waals surface area contributed by atoms with E-state index in [1.807, 2.05) is 18.2 Å². The molecule has 0 fully saturated rings. The first-order valence-corrected chi connectivity index (χ1v) is 7.17. The van der Waals surface area contributed by atoms with Gasteiger partial charge in [-0.3, -0.25) is 4.79 Å². The maximum Gasteiger partial charge on any atom is 0.309 e. The molecule has 0 bridgehead atoms. The van der Waals surface area contributed by atoms with Gasteiger partial charge in [0.2, 0.25) is 0 Å². The van der Waals surface area contributed by atoms with Crippen LogP contribution in [0.1, 0.15) is 39.4 Å². The first-order chi connectivity index (χ1) is 9.76. The van der Waals surface area contributed by atoms with Crippen LogP contribution in [-0.4, -0.2) is 22.8 Å². The summed E-state index contributed by atoms with van der Waals surface area (Å²) in [6.45, 7) is 7.75. The van der Waals surface area contributed by atoms with Crippen molar-refractivity contribution < 1.29 is 14.6 Å². The highest BCUT2D eigenvalue weighted by atomic mass is 16.5. The largest absolute Gasteiger partial charge is 0.497 e. The van der Waals surface area contributed by atoms with Crippen molar-refractivity contribution in [3.05, 3.63) is 30.0 Å². The SMILES string of the molecule is COc1ccc2c(c1)cc(CC(C)(C)C(=O)O)n2C(C)C. The van der Waals surface area contributed by atoms with Gasteiger partial charge in [-0.05, 0) is 52.0 Å². The summed E-state index contributed by atoms with van der Waals surface area (Å²) < 4.78 is 7.48. The molecule has 0 unspecified atom stereocenters. The van der Waals surface area contributed by atoms with Gasteiger partial charge in [0.25, 0.3) is 0 Å². The lowest BCUT2D eigenvalue weighted by Crippen LogP contribution is -2.27. The van der Waals surface area contributed by atoms with Crippen molar-refractivity contribution >= 4 is 16.9 Å². The Kier molecular flexibility index (Phi) is 3.99. The first kappa shape index (κ1) is 15.4. The quantitative estimate of drug-likeness (QED) is 0.908. The molecule has 0 aliphatic rings. The molecule has 2 aromatic rings. The number of carbonyl (C=O) groups is 1. The zero-order valence-corrected chi connectivity index (χ0v) is 13.3. The van der Waals surface area contributed by atoms with Crippen molar-refractivity contribution in [2.45, 2.75) is 40.2 Å². The Morgan fingerprint density at radius 2 is 2.00 bits per heavy atom. The summed E-state index contributed by atoms with van der Waals surface area (Å²) in [7, 11) is 1.65. The van der Waals surface area contributed by atoms with Crippen LogP contribution in [0, 0.1) is 5.41 Å². The van der Waals surface area contributed by atoms with Crippen LogP contribution in [0.4, 0.5) is 0 Å². The second-order valence-electron chi connectivity index (χ2n) is 6.39. The van der Waals surface area contributed by atoms with Crippen molar-refractivity contribution in [2.75, 3.05) is 7.11 Å². The van der Waals surface area contributed by atoms with E-state index < -0.39 is 11.4 Å². The number of hydrogen-bond acceptors (Lipinski definition) is 2. The number of carboxylic acids is 1. The number of benzene rings is 1. The summed E-state index contributed by atoms with van der Waals surface area (Å²) in [4.78, 5) is 11.4. The number of fused-ring (bicyclic) bond motifs is 1. The summed E-state index contributed by atoms with van der Waals surface area (Å²) in [5.74, 6) is 0.0353. The lowest BCUT2D eigenvalue weighted by Gasteiger charge is -2.22. The summed E-state index contributed by atoms with van der Waals surface area (Å²) in [6, 6.07) is 8.31. The normalized spacial score (nSPS) is 12.1. The van der Waals surface area contributed by atoms with Crippen molar-refractivity contribution in [1.29, 1.82) is 0 Å². The zero-order chi connectivity index (χ0) is 15.8. The number of nitrogens with zero attached hydrogens (tertiary/aromatic N) is 1. The Hall–Kier alpha value is -1.97. The molecule has 0 saturated heterocycles. The van der Waals surface area contributed by atoms with Gasteiger partial charge in [-0.25, -0.2) is 0 Å². The van der Waals surface area contributed by atoms with Gasteiger partial charge in [0.05, 0.1) is 12.5 Å². The molecular weight excluding hydrogens is 266 g/mol. The van der Waals surface area contributed by atoms with Crippen LogP contribution >= 0.6 is 0 Å². The fourth-order valence-corrected chi connectivity index (χ4v) is 2.67. The standard InChI is InChI=1S/C17H23NO3/c1-11(2)18-13(10-17(3,4)16(19)20)8-12-9-14(21-5)6-7-15(12)18/h6-9,11H,10H2,1-5H3,(H,19,20). The van der Waals surface area contributed by atoms with Gasteiger partial charge in [0.1, 0.15) is 5.75 Å². The second kappa shape index (κ2) is 5.43. The van der Waals surface area contributed by atoms with Gasteiger partial charge in [-0.1, -0.05) is 0 Å². The average Bonchev–Trinajstić information content (AvgIpc) is 2.74. The Bertz CT molecular complexity index is 668. The van der Waals surface area contributed by atoms with Crippen LogP contribution in [0.3, 0.4) is 0 Å². The van der Waals surface area contributed by atoms with Crippen LogP contribution in [-0.2, 0) is 11.2 Å². The molecule has 4 nitrogen and oxygen atoms in total. The predicted octanol–water partition coefficient (Wildman–Crippen LogP) is 3.88. The minimum absolute atomic E-state index is 0.274. The molecule has 2 rings (SSSR count). The minimum atomic E-state index is -0.787. The number of carboxylic acid groups (broad SMARTS) is 1. The van der Waals surface area contributed by atoms with E-state index in [-0.39, 0.29) is 6.04 Å². The number of rotatable bonds is 5. The van der Waals surface area contributed by atoms with Gasteiger partial charge in [0, 0.05) is 29.1 Å². The highest BCUT2D eigenvalue weighted by molar-refractivity contribution is 5.83. The van der Waals surface area contributed by atoms with Crippen molar-refractivity contribution in [2.24, 2.45) is 5.41 Å². The summed E-state index contributed by atoms with van der Waals surface area (Å²) in [5.41, 5.74) is 1.37. The fraction of sp³-hybridized carbons (Fsp3) is 0.471. The van der Waals surface area contributed by atoms with Crippen LogP contribution < -0.4 is 4.74 Å². The van der Waals surface area contributed by atoms with Crippen LogP contribution in [0.5, 0.6) is 5.75 Å². The minimum Gasteiger partial charge on any atom is -0.497 e. The predicted molar refractivity (Wildman–Crippen MR) is 84.0 cm³/mol. The van der Waals surface area contributed by atoms with Crippen molar-refractivity contribution in [3.8, 4) is 5.75 Å². The van der Waals surface area contributed by atoms with Gasteiger partial charge >= 0.3 is 5.97 Å². The van der Waals surface area contributed by atoms with E-state index in [4.69, 9.17) is 4.74 Å². The highest BCUT2D eigenvalue weighted by Crippen LogP contribution is 2.31. The van der Waals surface area contributed by atoms with Gasteiger partial charge in [-0.2, -0.15) is 0 Å². The van der Waals surface area contributed by atoms with E-state index >= 15 is 0 Å². The molecule has 1 heterocycles. The molecule has 0 saturated carbocycles. The van der Waals surface area contributed by atoms with E-state index in [1.165, 1.54) is 0 Å². The van der Waals surface area contributed by atoms with Gasteiger partial charge in [0.15, 0.2) is 0 Å². The number of ether oxygens (including phenoxy) is 1. The molecule has 0 atom stereocenters. The Morgan fingerprint density at radius 3 is 2.52 bits per heavy atom. The van der Waals surface area contributed by atoms with Crippen molar-refractivity contribution in [3.63, 3.8) is 0 Å². The summed E-state index contributed by atoms with van der Waals surface area (Å²) in [6.07, 6.45) is 0.498. The zero-order valence-electron chi connectivity index (χ0n) is 13.3. The monoisotopic (exact) mass is 289 g/mol. The Balaban J connectivity index is 2.57. The molecule has 0 spiro atoms. The molecular formula is C17H23NO3. The molecule has 1 aromatic carbocycles. The second-order valence-corrected chi connectivity index (χ2v) is 6.39. The average molecular weight is 289 g/mol. The molecule has 1 N–H and O–H groups in total. The molecule has 0 aliphatic carbocycles. The Labute approximate surface area is 125 Å². The molecule has 4 heteroatoms. The van der Waals surface area contributed by atoms with Crippen LogP contribution in [0.25, 0.3) is 10.9 Å². The number of aromatic nitrogens is 1. The highest BCUT2D eigenvalue weighted by Gasteiger charge is 2.29. The molecule has 114 valence electrons. The maximum atomic E-state index is 11.4. The molecule has 0 radical (unpaired) electrons. The smallest absolute Gasteiger partial charge is 0.309 e. The maximum absolute atomic E-state index is 11.4. The molecule has 1 aromatic heterocycles. The lowest BCUT2D eigenvalue weighted by atomic mass is 9.88. The van der Waals surface area contributed by atoms with Crippen LogP contribution in [0.15, 0.2) is 24.3 Å². The van der Waals surface area contributed by atoms with Gasteiger partial charge in [-0.15, -0.1) is 0 Å². The number of methoxy groups -OCH3 is 1. The number of aliphatic carboxylic acids is 1. The van der Waals surface area contributed by atoms with Crippen molar-refractivity contribution in [1.82, 2.24) is 4.57 Å². The molecule has 21 heavy (non-hydrogen) atoms. The van der Waals surface area contributed by atoms with E-state index in [2.05, 4.69) is 24.5 Å². The summed E-state index contributed by atoms with van der Waals surface area (Å²) >= 11 is 0. The fourth-order valence-electron chi connectivity index (χ4n) is 2.67. The van der Waals surface area contributed by atoms with Gasteiger partial charge < -0.3 is 14.4 Å². The third-order valence-corrected chi connectivity index (χ3v) is 3.84. The topological polar surface area (TPSA) is 51.5 Å². The summed E-state index contributed by atoms with van der Waals surface area (Å²) in [5, 5.41) is 10.4. The third kappa shape index (κ3) is 2.89. The third-order valence-electron chi connectivity index (χ3n) is 3.84. The van der Waals surface area contributed by atoms with Crippen LogP contribution in [0.2, 0.25) is 0 Å². The molecule has 0 amide bonds. The molecule has 0 aliphatic heterocycles. The lowest BCUT2D eigenvalue weighted by molar-refractivity contribution is -0.146. The Morgan fingerprint density at radius 1 is 1.33 bits per heavy atom. The van der Waals surface area contributed by atoms with E-state index in [0.29, 0.717) is 6.42 Å².